The fourth-order valence-electron chi connectivity index (χ4n) is 0.529. The molecule has 1 aliphatic heterocycles. The fraction of sp³-hybridized carbons (Fsp3) is 0.167. The fourth-order valence-corrected chi connectivity index (χ4v) is 3.55. The normalized spacial score (nSPS) is 17.2. The minimum Gasteiger partial charge on any atom is -0.351 e. The van der Waals surface area contributed by atoms with E-state index in [9.17, 15) is 9.18 Å². The van der Waals surface area contributed by atoms with Gasteiger partial charge in [-0.3, -0.25) is 4.79 Å². The lowest BCUT2D eigenvalue weighted by molar-refractivity contribution is 0.264. The summed E-state index contributed by atoms with van der Waals surface area (Å²) in [5, 5.41) is 2.50. The summed E-state index contributed by atoms with van der Waals surface area (Å²) in [6.07, 6.45) is 1.36. The molecule has 0 saturated carbocycles. The van der Waals surface area contributed by atoms with E-state index in [-0.39, 0.29) is 9.74 Å². The van der Waals surface area contributed by atoms with Crippen molar-refractivity contribution in [2.75, 3.05) is 7.05 Å². The molecule has 0 aromatic heterocycles. The van der Waals surface area contributed by atoms with Crippen molar-refractivity contribution in [3.8, 4) is 0 Å². The van der Waals surface area contributed by atoms with Gasteiger partial charge in [-0.05, 0) is 10.1 Å². The topological polar surface area (TPSA) is 29.1 Å². The van der Waals surface area contributed by atoms with Crippen molar-refractivity contribution in [3.63, 3.8) is 0 Å². The van der Waals surface area contributed by atoms with Crippen LogP contribution in [0.1, 0.15) is 0 Å². The number of nitrogens with one attached hydrogen (secondary N) is 1. The summed E-state index contributed by atoms with van der Waals surface area (Å²) in [7, 11) is 1.57. The molecule has 2 nitrogen and oxygen atoms in total. The first-order valence-corrected chi connectivity index (χ1v) is 6.25. The molecule has 0 fully saturated rings. The molecule has 0 aliphatic carbocycles. The maximum absolute atomic E-state index is 12.3. The van der Waals surface area contributed by atoms with Gasteiger partial charge in [-0.1, -0.05) is 18.9 Å². The molecule has 1 aliphatic rings. The van der Waals surface area contributed by atoms with Crippen molar-refractivity contribution >= 4 is 30.8 Å². The molecule has 0 aromatic rings. The third kappa shape index (κ3) is 1.56. The minimum atomic E-state index is -1.87. The Morgan fingerprint density at radius 3 is 2.90 bits per heavy atom. The second kappa shape index (κ2) is 3.14. The molecule has 0 atom stereocenters. The van der Waals surface area contributed by atoms with Crippen LogP contribution in [0.3, 0.4) is 0 Å². The monoisotopic (exact) mass is 255 g/mol. The Morgan fingerprint density at radius 2 is 2.50 bits per heavy atom. The maximum Gasteiger partial charge on any atom is 0.269 e. The van der Waals surface area contributed by atoms with Crippen LogP contribution in [0.25, 0.3) is 0 Å². The number of carbonyl (C=O) groups is 1. The SMILES string of the molecule is CNC(=O)I1=CC=C(F)C=1. The van der Waals surface area contributed by atoms with Crippen molar-refractivity contribution in [3.05, 3.63) is 11.9 Å². The number of rotatable bonds is 1. The van der Waals surface area contributed by atoms with Gasteiger partial charge in [0.15, 0.2) is 0 Å². The highest BCUT2D eigenvalue weighted by molar-refractivity contribution is 14.2. The number of halogens is 2. The Hall–Kier alpha value is -0.390. The predicted octanol–water partition coefficient (Wildman–Crippen LogP) is 1.30. The van der Waals surface area contributed by atoms with Crippen LogP contribution in [0, 0.1) is 0 Å². The van der Waals surface area contributed by atoms with Crippen molar-refractivity contribution in [1.29, 1.82) is 0 Å². The maximum atomic E-state index is 12.3. The molecule has 0 radical (unpaired) electrons. The standard InChI is InChI=1S/C6H7FINO/c1-9-6(10)8-3-2-5(7)4-8/h2-4H,1H3,(H,9,10). The van der Waals surface area contributed by atoms with Crippen LogP contribution < -0.4 is 5.32 Å². The van der Waals surface area contributed by atoms with Gasteiger partial charge in [0.25, 0.3) is 3.91 Å². The minimum absolute atomic E-state index is 0.0203. The van der Waals surface area contributed by atoms with E-state index < -0.39 is 18.9 Å². The Balaban J connectivity index is 2.80. The van der Waals surface area contributed by atoms with Crippen LogP contribution in [0.15, 0.2) is 11.9 Å². The summed E-state index contributed by atoms with van der Waals surface area (Å²) in [6.45, 7) is 0. The zero-order valence-electron chi connectivity index (χ0n) is 5.40. The molecular weight excluding hydrogens is 248 g/mol. The molecule has 1 amide bonds. The smallest absolute Gasteiger partial charge is 0.269 e. The summed E-state index contributed by atoms with van der Waals surface area (Å²) in [5.74, 6) is -0.270. The highest BCUT2D eigenvalue weighted by Crippen LogP contribution is 2.17. The van der Waals surface area contributed by atoms with E-state index in [0.29, 0.717) is 0 Å². The molecule has 10 heavy (non-hydrogen) atoms. The number of amides is 1. The molecule has 1 N–H and O–H groups in total. The van der Waals surface area contributed by atoms with Crippen LogP contribution in [-0.2, 0) is 0 Å². The van der Waals surface area contributed by atoms with E-state index in [4.69, 9.17) is 0 Å². The van der Waals surface area contributed by atoms with Gasteiger partial charge in [-0.15, -0.1) is 0 Å². The van der Waals surface area contributed by atoms with Crippen LogP contribution >= 0.6 is 18.9 Å². The van der Waals surface area contributed by atoms with Gasteiger partial charge in [-0.2, -0.15) is 0 Å². The third-order valence-electron chi connectivity index (χ3n) is 0.974. The number of hydrogen-bond acceptors (Lipinski definition) is 1. The van der Waals surface area contributed by atoms with Gasteiger partial charge < -0.3 is 5.32 Å². The Labute approximate surface area is 64.5 Å². The van der Waals surface area contributed by atoms with Gasteiger partial charge >= 0.3 is 0 Å². The van der Waals surface area contributed by atoms with Gasteiger partial charge in [-0.25, -0.2) is 4.39 Å². The van der Waals surface area contributed by atoms with Crippen LogP contribution in [-0.4, -0.2) is 19.0 Å². The second-order valence-electron chi connectivity index (χ2n) is 1.65. The molecule has 0 spiro atoms. The van der Waals surface area contributed by atoms with Gasteiger partial charge in [0.05, 0.1) is 0 Å². The first-order chi connectivity index (χ1) is 4.74. The summed E-state index contributed by atoms with van der Waals surface area (Å²) in [4.78, 5) is 10.9. The van der Waals surface area contributed by atoms with E-state index in [1.165, 1.54) is 10.1 Å². The van der Waals surface area contributed by atoms with E-state index in [1.807, 2.05) is 0 Å². The quantitative estimate of drug-likeness (QED) is 0.427. The molecule has 0 saturated heterocycles. The van der Waals surface area contributed by atoms with Crippen molar-refractivity contribution in [2.45, 2.75) is 0 Å². The molecule has 56 valence electrons. The first kappa shape index (κ1) is 7.71. The van der Waals surface area contributed by atoms with Gasteiger partial charge in [0.2, 0.25) is 0 Å². The zero-order valence-corrected chi connectivity index (χ0v) is 7.55. The number of hydrogen-bond donors (Lipinski definition) is 1. The molecule has 1 heterocycles. The molecule has 0 unspecified atom stereocenters. The van der Waals surface area contributed by atoms with Crippen LogP contribution in [0.4, 0.5) is 9.18 Å². The molecular formula is C6H7FINO. The highest BCUT2D eigenvalue weighted by atomic mass is 127. The number of carbonyl (C=O) groups excluding carboxylic acids is 1. The summed E-state index contributed by atoms with van der Waals surface area (Å²) in [5.41, 5.74) is 0. The number of allylic oxidation sites excluding steroid dienone is 2. The summed E-state index contributed by atoms with van der Waals surface area (Å²) < 4.78 is 15.4. The van der Waals surface area contributed by atoms with Crippen molar-refractivity contribution < 1.29 is 9.18 Å². The Morgan fingerprint density at radius 1 is 1.80 bits per heavy atom. The lowest BCUT2D eigenvalue weighted by Gasteiger charge is -1.89. The molecule has 0 aromatic carbocycles. The van der Waals surface area contributed by atoms with E-state index in [0.717, 1.165) is 0 Å². The van der Waals surface area contributed by atoms with Crippen molar-refractivity contribution in [1.82, 2.24) is 5.32 Å². The summed E-state index contributed by atoms with van der Waals surface area (Å²) in [6, 6.07) is 0. The van der Waals surface area contributed by atoms with Crippen LogP contribution in [0.2, 0.25) is 0 Å². The second-order valence-corrected chi connectivity index (χ2v) is 5.94. The zero-order chi connectivity index (χ0) is 7.56. The first-order valence-electron chi connectivity index (χ1n) is 2.68. The van der Waals surface area contributed by atoms with Gasteiger partial charge in [0.1, 0.15) is 5.83 Å². The van der Waals surface area contributed by atoms with E-state index in [1.54, 1.807) is 11.1 Å². The predicted molar refractivity (Wildman–Crippen MR) is 49.8 cm³/mol. The summed E-state index contributed by atoms with van der Waals surface area (Å²) >= 11 is -1.87. The largest absolute Gasteiger partial charge is 0.351 e. The molecule has 0 bridgehead atoms. The lowest BCUT2D eigenvalue weighted by Crippen LogP contribution is -2.09. The third-order valence-corrected chi connectivity index (χ3v) is 5.05. The molecule has 4 heteroatoms. The van der Waals surface area contributed by atoms with Crippen LogP contribution in [0.5, 0.6) is 0 Å². The Kier molecular flexibility index (Phi) is 2.42. The molecule has 1 rings (SSSR count). The average Bonchev–Trinajstić information content (AvgIpc) is 2.34. The van der Waals surface area contributed by atoms with E-state index >= 15 is 0 Å². The highest BCUT2D eigenvalue weighted by Gasteiger charge is 2.01. The van der Waals surface area contributed by atoms with E-state index in [2.05, 4.69) is 5.32 Å². The average molecular weight is 255 g/mol. The lowest BCUT2D eigenvalue weighted by atomic mass is 10.6. The van der Waals surface area contributed by atoms with Gasteiger partial charge in [0, 0.05) is 11.1 Å². The van der Waals surface area contributed by atoms with Crippen molar-refractivity contribution in [2.24, 2.45) is 0 Å². The Bertz CT molecular complexity index is 268.